The summed E-state index contributed by atoms with van der Waals surface area (Å²) in [5, 5.41) is 3.39. The Morgan fingerprint density at radius 3 is 2.20 bits per heavy atom. The van der Waals surface area contributed by atoms with E-state index in [9.17, 15) is 18.0 Å². The number of hydrogen-bond acceptors (Lipinski definition) is 4. The highest BCUT2D eigenvalue weighted by molar-refractivity contribution is 7.89. The second kappa shape index (κ2) is 9.78. The van der Waals surface area contributed by atoms with Gasteiger partial charge in [0, 0.05) is 44.7 Å². The Balaban J connectivity index is 1.47. The number of rotatable bonds is 6. The molecule has 0 radical (unpaired) electrons. The number of anilines is 1. The molecule has 7 nitrogen and oxygen atoms in total. The molecule has 1 aliphatic rings. The smallest absolute Gasteiger partial charge is 0.243 e. The van der Waals surface area contributed by atoms with Crippen LogP contribution >= 0.6 is 23.2 Å². The fourth-order valence-electron chi connectivity index (χ4n) is 3.10. The average Bonchev–Trinajstić information content (AvgIpc) is 2.75. The van der Waals surface area contributed by atoms with Crippen molar-refractivity contribution < 1.29 is 18.0 Å². The Hall–Kier alpha value is -2.13. The van der Waals surface area contributed by atoms with E-state index in [1.807, 2.05) is 0 Å². The SMILES string of the molecule is O=C(CCC(=O)N1CCN(S(=O)(=O)c2ccccc2)CC1)Nc1ccc(Cl)c(Cl)c1. The first-order valence-electron chi connectivity index (χ1n) is 9.35. The fourth-order valence-corrected chi connectivity index (χ4v) is 4.84. The first-order chi connectivity index (χ1) is 14.3. The predicted molar refractivity (Wildman–Crippen MR) is 116 cm³/mol. The summed E-state index contributed by atoms with van der Waals surface area (Å²) in [4.78, 5) is 26.3. The third-order valence-corrected chi connectivity index (χ3v) is 7.39. The fraction of sp³-hybridized carbons (Fsp3) is 0.300. The van der Waals surface area contributed by atoms with Crippen molar-refractivity contribution in [3.05, 3.63) is 58.6 Å². The molecule has 3 rings (SSSR count). The molecule has 160 valence electrons. The van der Waals surface area contributed by atoms with Gasteiger partial charge in [0.05, 0.1) is 14.9 Å². The van der Waals surface area contributed by atoms with E-state index in [0.717, 1.165) is 0 Å². The number of halogens is 2. The van der Waals surface area contributed by atoms with Crippen LogP contribution in [0, 0.1) is 0 Å². The summed E-state index contributed by atoms with van der Waals surface area (Å²) in [6, 6.07) is 13.0. The minimum absolute atomic E-state index is 0.0155. The molecule has 1 fully saturated rings. The van der Waals surface area contributed by atoms with Gasteiger partial charge in [-0.2, -0.15) is 4.31 Å². The van der Waals surface area contributed by atoms with Crippen LogP contribution < -0.4 is 5.32 Å². The maximum Gasteiger partial charge on any atom is 0.243 e. The topological polar surface area (TPSA) is 86.8 Å². The molecule has 1 aliphatic heterocycles. The number of hydrogen-bond donors (Lipinski definition) is 1. The van der Waals surface area contributed by atoms with Gasteiger partial charge in [0.2, 0.25) is 21.8 Å². The molecule has 0 atom stereocenters. The summed E-state index contributed by atoms with van der Waals surface area (Å²) in [7, 11) is -3.57. The third kappa shape index (κ3) is 5.51. The molecule has 2 aromatic rings. The molecule has 2 aromatic carbocycles. The van der Waals surface area contributed by atoms with Crippen LogP contribution in [0.5, 0.6) is 0 Å². The van der Waals surface area contributed by atoms with Crippen LogP contribution in [0.1, 0.15) is 12.8 Å². The van der Waals surface area contributed by atoms with Crippen molar-refractivity contribution in [1.29, 1.82) is 0 Å². The van der Waals surface area contributed by atoms with Gasteiger partial charge in [-0.05, 0) is 30.3 Å². The molecule has 1 saturated heterocycles. The lowest BCUT2D eigenvalue weighted by atomic mass is 10.2. The standard InChI is InChI=1S/C20H21Cl2N3O4S/c21-17-7-6-15(14-18(17)22)23-19(26)8-9-20(27)24-10-12-25(13-11-24)30(28,29)16-4-2-1-3-5-16/h1-7,14H,8-13H2,(H,23,26). The van der Waals surface area contributed by atoms with Gasteiger partial charge in [0.15, 0.2) is 0 Å². The molecule has 10 heteroatoms. The summed E-state index contributed by atoms with van der Waals surface area (Å²) in [5.74, 6) is -0.497. The number of benzene rings is 2. The predicted octanol–water partition coefficient (Wildman–Crippen LogP) is 3.25. The first-order valence-corrected chi connectivity index (χ1v) is 11.5. The first kappa shape index (κ1) is 22.6. The highest BCUT2D eigenvalue weighted by Gasteiger charge is 2.29. The Kier molecular flexibility index (Phi) is 7.36. The van der Waals surface area contributed by atoms with Gasteiger partial charge in [-0.25, -0.2) is 8.42 Å². The maximum absolute atomic E-state index is 12.6. The molecule has 0 saturated carbocycles. The van der Waals surface area contributed by atoms with Crippen LogP contribution in [0.25, 0.3) is 0 Å². The number of carbonyl (C=O) groups excluding carboxylic acids is 2. The normalized spacial score (nSPS) is 15.1. The van der Waals surface area contributed by atoms with Crippen molar-refractivity contribution in [3.63, 3.8) is 0 Å². The molecular formula is C20H21Cl2N3O4S. The Morgan fingerprint density at radius 1 is 0.900 bits per heavy atom. The zero-order chi connectivity index (χ0) is 21.7. The van der Waals surface area contributed by atoms with Crippen molar-refractivity contribution in [2.75, 3.05) is 31.5 Å². The van der Waals surface area contributed by atoms with E-state index in [1.54, 1.807) is 47.4 Å². The van der Waals surface area contributed by atoms with E-state index in [-0.39, 0.29) is 42.6 Å². The van der Waals surface area contributed by atoms with E-state index < -0.39 is 10.0 Å². The van der Waals surface area contributed by atoms with Gasteiger partial charge in [0.25, 0.3) is 0 Å². The van der Waals surface area contributed by atoms with Gasteiger partial charge in [-0.3, -0.25) is 9.59 Å². The van der Waals surface area contributed by atoms with Crippen molar-refractivity contribution in [3.8, 4) is 0 Å². The second-order valence-corrected chi connectivity index (χ2v) is 9.53. The van der Waals surface area contributed by atoms with Crippen LogP contribution in [0.15, 0.2) is 53.4 Å². The summed E-state index contributed by atoms with van der Waals surface area (Å²) < 4.78 is 26.7. The molecule has 0 bridgehead atoms. The minimum Gasteiger partial charge on any atom is -0.340 e. The van der Waals surface area contributed by atoms with Crippen LogP contribution in [0.2, 0.25) is 10.0 Å². The van der Waals surface area contributed by atoms with Gasteiger partial charge in [0.1, 0.15) is 0 Å². The Bertz CT molecular complexity index is 1020. The van der Waals surface area contributed by atoms with E-state index in [1.165, 1.54) is 10.4 Å². The molecule has 0 spiro atoms. The number of nitrogens with one attached hydrogen (secondary N) is 1. The van der Waals surface area contributed by atoms with E-state index in [0.29, 0.717) is 28.8 Å². The Morgan fingerprint density at radius 2 is 1.57 bits per heavy atom. The average molecular weight is 470 g/mol. The highest BCUT2D eigenvalue weighted by Crippen LogP contribution is 2.25. The number of piperazine rings is 1. The number of carbonyl (C=O) groups is 2. The summed E-state index contributed by atoms with van der Waals surface area (Å²) in [5.41, 5.74) is 0.501. The molecule has 1 heterocycles. The lowest BCUT2D eigenvalue weighted by Crippen LogP contribution is -2.50. The van der Waals surface area contributed by atoms with Crippen molar-refractivity contribution >= 4 is 50.7 Å². The van der Waals surface area contributed by atoms with Crippen molar-refractivity contribution in [1.82, 2.24) is 9.21 Å². The zero-order valence-corrected chi connectivity index (χ0v) is 18.4. The molecule has 2 amide bonds. The van der Waals surface area contributed by atoms with Crippen LogP contribution in [0.4, 0.5) is 5.69 Å². The zero-order valence-electron chi connectivity index (χ0n) is 16.1. The summed E-state index contributed by atoms with van der Waals surface area (Å²) in [6.07, 6.45) is 0.0558. The van der Waals surface area contributed by atoms with Gasteiger partial charge < -0.3 is 10.2 Å². The highest BCUT2D eigenvalue weighted by atomic mass is 35.5. The molecule has 0 aliphatic carbocycles. The second-order valence-electron chi connectivity index (χ2n) is 6.77. The largest absolute Gasteiger partial charge is 0.340 e. The monoisotopic (exact) mass is 469 g/mol. The lowest BCUT2D eigenvalue weighted by Gasteiger charge is -2.34. The number of amides is 2. The Labute approximate surface area is 185 Å². The van der Waals surface area contributed by atoms with Crippen LogP contribution in [-0.2, 0) is 19.6 Å². The minimum atomic E-state index is -3.57. The van der Waals surface area contributed by atoms with E-state index in [4.69, 9.17) is 23.2 Å². The molecule has 0 unspecified atom stereocenters. The van der Waals surface area contributed by atoms with Crippen LogP contribution in [0.3, 0.4) is 0 Å². The number of nitrogens with zero attached hydrogens (tertiary/aromatic N) is 2. The molecule has 30 heavy (non-hydrogen) atoms. The molecular weight excluding hydrogens is 449 g/mol. The molecule has 1 N–H and O–H groups in total. The van der Waals surface area contributed by atoms with Crippen molar-refractivity contribution in [2.24, 2.45) is 0 Å². The summed E-state index contributed by atoms with van der Waals surface area (Å²) >= 11 is 11.8. The summed E-state index contributed by atoms with van der Waals surface area (Å²) in [6.45, 7) is 1.02. The molecule has 0 aromatic heterocycles. The van der Waals surface area contributed by atoms with E-state index >= 15 is 0 Å². The third-order valence-electron chi connectivity index (χ3n) is 4.74. The lowest BCUT2D eigenvalue weighted by molar-refractivity contribution is -0.133. The van der Waals surface area contributed by atoms with E-state index in [2.05, 4.69) is 5.32 Å². The van der Waals surface area contributed by atoms with Gasteiger partial charge >= 0.3 is 0 Å². The van der Waals surface area contributed by atoms with Crippen molar-refractivity contribution in [2.45, 2.75) is 17.7 Å². The number of sulfonamides is 1. The quantitative estimate of drug-likeness (QED) is 0.703. The van der Waals surface area contributed by atoms with Gasteiger partial charge in [-0.15, -0.1) is 0 Å². The van der Waals surface area contributed by atoms with Crippen LogP contribution in [-0.4, -0.2) is 55.6 Å². The maximum atomic E-state index is 12.6. The van der Waals surface area contributed by atoms with Gasteiger partial charge in [-0.1, -0.05) is 41.4 Å².